The minimum atomic E-state index is -0.422. The molecule has 0 bridgehead atoms. The van der Waals surface area contributed by atoms with Crippen molar-refractivity contribution in [3.8, 4) is 5.75 Å². The zero-order valence-corrected chi connectivity index (χ0v) is 14.4. The summed E-state index contributed by atoms with van der Waals surface area (Å²) in [5, 5.41) is 12.6. The standard InChI is InChI=1S/C20H24FNO3/c1-20(15-23,13-16-5-3-2-4-6-16)14-22-19(24)11-12-25-18-9-7-17(21)8-10-18/h2-10,23H,11-15H2,1H3,(H,22,24). The highest BCUT2D eigenvalue weighted by Gasteiger charge is 2.24. The van der Waals surface area contributed by atoms with Crippen molar-refractivity contribution in [2.45, 2.75) is 19.8 Å². The first-order valence-electron chi connectivity index (χ1n) is 8.31. The van der Waals surface area contributed by atoms with Crippen molar-refractivity contribution in [3.63, 3.8) is 0 Å². The van der Waals surface area contributed by atoms with E-state index in [0.29, 0.717) is 18.7 Å². The lowest BCUT2D eigenvalue weighted by atomic mass is 9.84. The summed E-state index contributed by atoms with van der Waals surface area (Å²) in [6.45, 7) is 2.52. The Morgan fingerprint density at radius 2 is 1.84 bits per heavy atom. The molecular weight excluding hydrogens is 321 g/mol. The molecule has 1 atom stereocenters. The van der Waals surface area contributed by atoms with E-state index in [2.05, 4.69) is 5.32 Å². The highest BCUT2D eigenvalue weighted by atomic mass is 19.1. The van der Waals surface area contributed by atoms with E-state index in [4.69, 9.17) is 4.74 Å². The van der Waals surface area contributed by atoms with E-state index in [1.54, 1.807) is 0 Å². The lowest BCUT2D eigenvalue weighted by molar-refractivity contribution is -0.122. The normalized spacial score (nSPS) is 13.1. The van der Waals surface area contributed by atoms with Crippen LogP contribution in [0.4, 0.5) is 4.39 Å². The van der Waals surface area contributed by atoms with Gasteiger partial charge < -0.3 is 15.2 Å². The van der Waals surface area contributed by atoms with E-state index in [-0.39, 0.29) is 31.4 Å². The number of halogens is 1. The number of carbonyl (C=O) groups is 1. The predicted octanol–water partition coefficient (Wildman–Crippen LogP) is 2.95. The van der Waals surface area contributed by atoms with E-state index >= 15 is 0 Å². The van der Waals surface area contributed by atoms with Gasteiger partial charge in [-0.3, -0.25) is 4.79 Å². The van der Waals surface area contributed by atoms with Gasteiger partial charge >= 0.3 is 0 Å². The number of rotatable bonds is 9. The van der Waals surface area contributed by atoms with Gasteiger partial charge in [0.1, 0.15) is 11.6 Å². The summed E-state index contributed by atoms with van der Waals surface area (Å²) < 4.78 is 18.2. The molecule has 25 heavy (non-hydrogen) atoms. The summed E-state index contributed by atoms with van der Waals surface area (Å²) in [5.41, 5.74) is 0.697. The van der Waals surface area contributed by atoms with E-state index in [1.807, 2.05) is 37.3 Å². The first kappa shape index (κ1) is 18.9. The van der Waals surface area contributed by atoms with Crippen molar-refractivity contribution in [2.75, 3.05) is 19.8 Å². The molecule has 0 aliphatic heterocycles. The largest absolute Gasteiger partial charge is 0.493 e. The number of ether oxygens (including phenoxy) is 1. The predicted molar refractivity (Wildman–Crippen MR) is 94.9 cm³/mol. The molecule has 0 heterocycles. The molecule has 0 aromatic heterocycles. The van der Waals surface area contributed by atoms with Crippen LogP contribution in [0.25, 0.3) is 0 Å². The van der Waals surface area contributed by atoms with Crippen LogP contribution in [0.3, 0.4) is 0 Å². The molecule has 0 aliphatic rings. The first-order chi connectivity index (χ1) is 12.0. The second kappa shape index (κ2) is 9.18. The second-order valence-electron chi connectivity index (χ2n) is 6.46. The minimum absolute atomic E-state index is 0.0196. The number of amides is 1. The lowest BCUT2D eigenvalue weighted by Gasteiger charge is -2.27. The third kappa shape index (κ3) is 6.55. The smallest absolute Gasteiger partial charge is 0.223 e. The van der Waals surface area contributed by atoms with Crippen molar-refractivity contribution in [1.82, 2.24) is 5.32 Å². The quantitative estimate of drug-likeness (QED) is 0.735. The molecule has 2 rings (SSSR count). The third-order valence-corrected chi connectivity index (χ3v) is 3.98. The fourth-order valence-corrected chi connectivity index (χ4v) is 2.46. The summed E-state index contributed by atoms with van der Waals surface area (Å²) >= 11 is 0. The van der Waals surface area contributed by atoms with Gasteiger partial charge in [-0.05, 0) is 36.2 Å². The molecule has 0 spiro atoms. The molecule has 5 heteroatoms. The zero-order valence-electron chi connectivity index (χ0n) is 14.4. The summed E-state index contributed by atoms with van der Waals surface area (Å²) in [7, 11) is 0. The van der Waals surface area contributed by atoms with Gasteiger partial charge in [-0.1, -0.05) is 37.3 Å². The number of carbonyl (C=O) groups excluding carboxylic acids is 1. The summed E-state index contributed by atoms with van der Waals surface area (Å²) in [5.74, 6) is 0.0557. The Labute approximate surface area is 147 Å². The van der Waals surface area contributed by atoms with E-state index in [0.717, 1.165) is 5.56 Å². The van der Waals surface area contributed by atoms with Gasteiger partial charge in [0.05, 0.1) is 19.6 Å². The minimum Gasteiger partial charge on any atom is -0.493 e. The Morgan fingerprint density at radius 3 is 2.48 bits per heavy atom. The summed E-state index contributed by atoms with van der Waals surface area (Å²) in [6, 6.07) is 15.5. The van der Waals surface area contributed by atoms with Crippen LogP contribution in [0.15, 0.2) is 54.6 Å². The number of nitrogens with one attached hydrogen (secondary N) is 1. The monoisotopic (exact) mass is 345 g/mol. The number of hydrogen-bond donors (Lipinski definition) is 2. The maximum absolute atomic E-state index is 12.8. The van der Waals surface area contributed by atoms with Crippen molar-refractivity contribution >= 4 is 5.91 Å². The van der Waals surface area contributed by atoms with Crippen LogP contribution in [-0.4, -0.2) is 30.8 Å². The molecule has 0 radical (unpaired) electrons. The first-order valence-corrected chi connectivity index (χ1v) is 8.31. The van der Waals surface area contributed by atoms with Gasteiger partial charge in [-0.25, -0.2) is 4.39 Å². The van der Waals surface area contributed by atoms with Crippen molar-refractivity contribution in [3.05, 3.63) is 66.0 Å². The fourth-order valence-electron chi connectivity index (χ4n) is 2.46. The van der Waals surface area contributed by atoms with Gasteiger partial charge in [-0.2, -0.15) is 0 Å². The SMILES string of the molecule is CC(CO)(CNC(=O)CCOc1ccc(F)cc1)Cc1ccccc1. The Balaban J connectivity index is 1.74. The van der Waals surface area contributed by atoms with Gasteiger partial charge in [0.2, 0.25) is 5.91 Å². The summed E-state index contributed by atoms with van der Waals surface area (Å²) in [4.78, 5) is 12.0. The van der Waals surface area contributed by atoms with Crippen molar-refractivity contribution < 1.29 is 19.0 Å². The van der Waals surface area contributed by atoms with Crippen molar-refractivity contribution in [1.29, 1.82) is 0 Å². The molecule has 134 valence electrons. The van der Waals surface area contributed by atoms with E-state index in [9.17, 15) is 14.3 Å². The Bertz CT molecular complexity index is 660. The van der Waals surface area contributed by atoms with Gasteiger partial charge in [0.15, 0.2) is 0 Å². The van der Waals surface area contributed by atoms with Crippen LogP contribution in [-0.2, 0) is 11.2 Å². The average Bonchev–Trinajstić information content (AvgIpc) is 2.63. The molecule has 4 nitrogen and oxygen atoms in total. The third-order valence-electron chi connectivity index (χ3n) is 3.98. The van der Waals surface area contributed by atoms with Gasteiger partial charge in [0, 0.05) is 12.0 Å². The molecule has 0 fully saturated rings. The van der Waals surface area contributed by atoms with Gasteiger partial charge in [0.25, 0.3) is 0 Å². The second-order valence-corrected chi connectivity index (χ2v) is 6.46. The maximum atomic E-state index is 12.8. The molecular formula is C20H24FNO3. The summed E-state index contributed by atoms with van der Waals surface area (Å²) in [6.07, 6.45) is 0.876. The number of benzene rings is 2. The van der Waals surface area contributed by atoms with Crippen LogP contribution in [0.1, 0.15) is 18.9 Å². The maximum Gasteiger partial charge on any atom is 0.223 e. The van der Waals surface area contributed by atoms with Gasteiger partial charge in [-0.15, -0.1) is 0 Å². The lowest BCUT2D eigenvalue weighted by Crippen LogP contribution is -2.39. The number of hydrogen-bond acceptors (Lipinski definition) is 3. The molecule has 1 amide bonds. The molecule has 2 N–H and O–H groups in total. The molecule has 2 aromatic carbocycles. The van der Waals surface area contributed by atoms with Crippen LogP contribution in [0, 0.1) is 11.2 Å². The van der Waals surface area contributed by atoms with Crippen LogP contribution in [0.5, 0.6) is 5.75 Å². The number of aliphatic hydroxyl groups is 1. The number of aliphatic hydroxyl groups excluding tert-OH is 1. The Morgan fingerprint density at radius 1 is 1.16 bits per heavy atom. The molecule has 0 saturated heterocycles. The topological polar surface area (TPSA) is 58.6 Å². The van der Waals surface area contributed by atoms with E-state index < -0.39 is 5.41 Å². The Hall–Kier alpha value is -2.40. The van der Waals surface area contributed by atoms with Crippen LogP contribution >= 0.6 is 0 Å². The average molecular weight is 345 g/mol. The molecule has 0 saturated carbocycles. The Kier molecular flexibility index (Phi) is 6.95. The molecule has 1 unspecified atom stereocenters. The van der Waals surface area contributed by atoms with E-state index in [1.165, 1.54) is 24.3 Å². The fraction of sp³-hybridized carbons (Fsp3) is 0.350. The zero-order chi connectivity index (χ0) is 18.1. The highest BCUT2D eigenvalue weighted by Crippen LogP contribution is 2.21. The van der Waals surface area contributed by atoms with Crippen LogP contribution < -0.4 is 10.1 Å². The highest BCUT2D eigenvalue weighted by molar-refractivity contribution is 5.76. The van der Waals surface area contributed by atoms with Crippen molar-refractivity contribution in [2.24, 2.45) is 5.41 Å². The molecule has 2 aromatic rings. The van der Waals surface area contributed by atoms with Crippen LogP contribution in [0.2, 0.25) is 0 Å². The molecule has 0 aliphatic carbocycles.